The van der Waals surface area contributed by atoms with E-state index < -0.39 is 11.8 Å². The lowest BCUT2D eigenvalue weighted by Crippen LogP contribution is -2.68. The van der Waals surface area contributed by atoms with Crippen LogP contribution in [0, 0.1) is 0 Å². The van der Waals surface area contributed by atoms with Gasteiger partial charge in [-0.25, -0.2) is 4.79 Å². The molecule has 1 atom stereocenters. The number of piperazine rings is 1. The molecule has 1 aliphatic rings. The van der Waals surface area contributed by atoms with E-state index in [0.29, 0.717) is 25.9 Å². The number of aldehydes is 1. The Balaban J connectivity index is 2.76. The summed E-state index contributed by atoms with van der Waals surface area (Å²) in [6, 6.07) is 0. The van der Waals surface area contributed by atoms with Crippen molar-refractivity contribution in [2.75, 3.05) is 19.6 Å². The smallest absolute Gasteiger partial charge is 0.408 e. The molecule has 1 rings (SSSR count). The van der Waals surface area contributed by atoms with Crippen molar-refractivity contribution in [3.05, 3.63) is 0 Å². The first-order valence-electron chi connectivity index (χ1n) is 4.04. The van der Waals surface area contributed by atoms with Crippen LogP contribution in [0.2, 0.25) is 0 Å². The maximum absolute atomic E-state index is 10.7. The van der Waals surface area contributed by atoms with Gasteiger partial charge >= 0.3 is 6.09 Å². The number of nitrogens with one attached hydrogen (secondary N) is 1. The number of carboxylic acid groups (broad SMARTS) is 1. The maximum Gasteiger partial charge on any atom is 0.408 e. The predicted molar refractivity (Wildman–Crippen MR) is 45.2 cm³/mol. The van der Waals surface area contributed by atoms with E-state index in [1.165, 1.54) is 0 Å². The Morgan fingerprint density at radius 1 is 1.77 bits per heavy atom. The number of nitrogens with zero attached hydrogens (tertiary/aromatic N) is 1. The lowest BCUT2D eigenvalue weighted by molar-refractivity contribution is -0.110. The molecule has 4 N–H and O–H groups in total. The minimum Gasteiger partial charge on any atom is -0.465 e. The molecule has 1 fully saturated rings. The zero-order chi connectivity index (χ0) is 9.90. The molecule has 0 spiro atoms. The topological polar surface area (TPSA) is 95.7 Å². The second-order valence-electron chi connectivity index (χ2n) is 3.09. The Labute approximate surface area is 75.7 Å². The number of rotatable bonds is 2. The molecular formula is C7H13N3O3. The van der Waals surface area contributed by atoms with Crippen LogP contribution in [0.5, 0.6) is 0 Å². The third-order valence-corrected chi connectivity index (χ3v) is 2.15. The molecule has 0 aromatic rings. The van der Waals surface area contributed by atoms with Gasteiger partial charge in [0.05, 0.1) is 0 Å². The molecule has 0 saturated carbocycles. The van der Waals surface area contributed by atoms with Gasteiger partial charge in [0, 0.05) is 26.1 Å². The summed E-state index contributed by atoms with van der Waals surface area (Å²) < 4.78 is 0. The van der Waals surface area contributed by atoms with E-state index in [-0.39, 0.29) is 6.42 Å². The first-order valence-corrected chi connectivity index (χ1v) is 4.04. The predicted octanol–water partition coefficient (Wildman–Crippen LogP) is -1.19. The Hall–Kier alpha value is -1.14. The molecule has 0 aliphatic carbocycles. The van der Waals surface area contributed by atoms with Gasteiger partial charge in [-0.1, -0.05) is 0 Å². The Morgan fingerprint density at radius 2 is 2.46 bits per heavy atom. The third-order valence-electron chi connectivity index (χ3n) is 2.15. The summed E-state index contributed by atoms with van der Waals surface area (Å²) in [4.78, 5) is 22.2. The largest absolute Gasteiger partial charge is 0.465 e. The summed E-state index contributed by atoms with van der Waals surface area (Å²) in [5.41, 5.74) is 4.69. The molecule has 6 nitrogen and oxygen atoms in total. The number of amides is 1. The van der Waals surface area contributed by atoms with Crippen LogP contribution in [-0.4, -0.2) is 47.7 Å². The number of nitrogens with two attached hydrogens (primary N) is 1. The maximum atomic E-state index is 10.7. The molecule has 13 heavy (non-hydrogen) atoms. The fraction of sp³-hybridized carbons (Fsp3) is 0.714. The van der Waals surface area contributed by atoms with E-state index in [1.54, 1.807) is 0 Å². The standard InChI is InChI=1S/C7H13N3O3/c8-7(1-4-11)5-9-2-3-10(7)6(12)13/h4,9H,1-3,5,8H2,(H,12,13). The molecule has 0 bridgehead atoms. The second-order valence-corrected chi connectivity index (χ2v) is 3.09. The second kappa shape index (κ2) is 3.71. The summed E-state index contributed by atoms with van der Waals surface area (Å²) in [6.45, 7) is 1.21. The highest BCUT2D eigenvalue weighted by Gasteiger charge is 2.37. The molecule has 74 valence electrons. The van der Waals surface area contributed by atoms with Crippen LogP contribution in [-0.2, 0) is 4.79 Å². The summed E-state index contributed by atoms with van der Waals surface area (Å²) in [5.74, 6) is 0. The van der Waals surface area contributed by atoms with Crippen molar-refractivity contribution in [3.8, 4) is 0 Å². The van der Waals surface area contributed by atoms with Crippen LogP contribution in [0.25, 0.3) is 0 Å². The van der Waals surface area contributed by atoms with Crippen LogP contribution < -0.4 is 11.1 Å². The van der Waals surface area contributed by atoms with Crippen LogP contribution in [0.4, 0.5) is 4.79 Å². The van der Waals surface area contributed by atoms with Gasteiger partial charge in [-0.15, -0.1) is 0 Å². The molecule has 1 aliphatic heterocycles. The van der Waals surface area contributed by atoms with Crippen LogP contribution >= 0.6 is 0 Å². The van der Waals surface area contributed by atoms with E-state index in [1.807, 2.05) is 0 Å². The van der Waals surface area contributed by atoms with Crippen molar-refractivity contribution in [1.29, 1.82) is 0 Å². The van der Waals surface area contributed by atoms with Gasteiger partial charge in [0.2, 0.25) is 0 Å². The van der Waals surface area contributed by atoms with Gasteiger partial charge < -0.3 is 21.0 Å². The van der Waals surface area contributed by atoms with Gasteiger partial charge in [0.25, 0.3) is 0 Å². The number of hydrogen-bond acceptors (Lipinski definition) is 4. The van der Waals surface area contributed by atoms with Crippen LogP contribution in [0.15, 0.2) is 0 Å². The molecule has 1 saturated heterocycles. The highest BCUT2D eigenvalue weighted by atomic mass is 16.4. The van der Waals surface area contributed by atoms with Crippen molar-refractivity contribution in [2.24, 2.45) is 5.73 Å². The van der Waals surface area contributed by atoms with Gasteiger partial charge in [-0.05, 0) is 0 Å². The number of carbonyl (C=O) groups is 2. The minimum atomic E-state index is -1.08. The van der Waals surface area contributed by atoms with E-state index in [2.05, 4.69) is 5.32 Å². The molecule has 0 aromatic carbocycles. The minimum absolute atomic E-state index is 0.0201. The van der Waals surface area contributed by atoms with Crippen molar-refractivity contribution in [1.82, 2.24) is 10.2 Å². The number of hydrogen-bond donors (Lipinski definition) is 3. The highest BCUT2D eigenvalue weighted by Crippen LogP contribution is 2.14. The molecule has 0 radical (unpaired) electrons. The number of carbonyl (C=O) groups excluding carboxylic acids is 1. The average molecular weight is 187 g/mol. The van der Waals surface area contributed by atoms with Crippen molar-refractivity contribution >= 4 is 12.4 Å². The fourth-order valence-corrected chi connectivity index (χ4v) is 1.43. The Kier molecular flexibility index (Phi) is 2.84. The molecule has 1 amide bonds. The molecule has 6 heteroatoms. The molecule has 1 unspecified atom stereocenters. The van der Waals surface area contributed by atoms with E-state index in [4.69, 9.17) is 10.8 Å². The van der Waals surface area contributed by atoms with Crippen molar-refractivity contribution in [2.45, 2.75) is 12.1 Å². The first kappa shape index (κ1) is 9.94. The van der Waals surface area contributed by atoms with E-state index in [9.17, 15) is 9.59 Å². The van der Waals surface area contributed by atoms with Gasteiger partial charge in [-0.2, -0.15) is 0 Å². The summed E-state index contributed by atoms with van der Waals surface area (Å²) >= 11 is 0. The lowest BCUT2D eigenvalue weighted by Gasteiger charge is -2.41. The fourth-order valence-electron chi connectivity index (χ4n) is 1.43. The van der Waals surface area contributed by atoms with E-state index >= 15 is 0 Å². The van der Waals surface area contributed by atoms with Crippen molar-refractivity contribution < 1.29 is 14.7 Å². The van der Waals surface area contributed by atoms with Crippen molar-refractivity contribution in [3.63, 3.8) is 0 Å². The normalized spacial score (nSPS) is 28.5. The quantitative estimate of drug-likeness (QED) is 0.472. The summed E-state index contributed by atoms with van der Waals surface area (Å²) in [6.07, 6.45) is -0.416. The van der Waals surface area contributed by atoms with Gasteiger partial charge in [-0.3, -0.25) is 4.90 Å². The third kappa shape index (κ3) is 1.96. The Morgan fingerprint density at radius 3 is 3.00 bits per heavy atom. The van der Waals surface area contributed by atoms with Gasteiger partial charge in [0.1, 0.15) is 11.9 Å². The summed E-state index contributed by atoms with van der Waals surface area (Å²) in [5, 5.41) is 11.8. The van der Waals surface area contributed by atoms with Gasteiger partial charge in [0.15, 0.2) is 0 Å². The highest BCUT2D eigenvalue weighted by molar-refractivity contribution is 5.67. The first-order chi connectivity index (χ1) is 6.10. The SMILES string of the molecule is NC1(CC=O)CNCCN1C(=O)O. The molecule has 1 heterocycles. The monoisotopic (exact) mass is 187 g/mol. The molecule has 0 aromatic heterocycles. The summed E-state index contributed by atoms with van der Waals surface area (Å²) in [7, 11) is 0. The zero-order valence-electron chi connectivity index (χ0n) is 7.19. The molecular weight excluding hydrogens is 174 g/mol. The van der Waals surface area contributed by atoms with E-state index in [0.717, 1.165) is 4.90 Å². The zero-order valence-corrected chi connectivity index (χ0v) is 7.19. The van der Waals surface area contributed by atoms with Crippen LogP contribution in [0.3, 0.4) is 0 Å². The average Bonchev–Trinajstić information content (AvgIpc) is 2.04. The van der Waals surface area contributed by atoms with Crippen LogP contribution in [0.1, 0.15) is 6.42 Å². The Bertz CT molecular complexity index is 221. The lowest BCUT2D eigenvalue weighted by atomic mass is 10.0.